The van der Waals surface area contributed by atoms with Crippen LogP contribution in [0.3, 0.4) is 0 Å². The van der Waals surface area contributed by atoms with Crippen LogP contribution in [0.4, 0.5) is 0 Å². The molecule has 2 aliphatic rings. The van der Waals surface area contributed by atoms with Crippen LogP contribution in [0.15, 0.2) is 41.3 Å². The molecule has 2 N–H and O–H groups in total. The van der Waals surface area contributed by atoms with E-state index in [9.17, 15) is 4.79 Å². The minimum atomic E-state index is -0.338. The highest BCUT2D eigenvalue weighted by Crippen LogP contribution is 2.34. The molecule has 166 valence electrons. The van der Waals surface area contributed by atoms with Crippen LogP contribution in [0.25, 0.3) is 11.5 Å². The third-order valence-electron chi connectivity index (χ3n) is 5.79. The Bertz CT molecular complexity index is 1100. The van der Waals surface area contributed by atoms with Crippen LogP contribution in [0.5, 0.6) is 11.5 Å². The average Bonchev–Trinajstić information content (AvgIpc) is 3.48. The highest BCUT2D eigenvalue weighted by molar-refractivity contribution is 5.83. The van der Waals surface area contributed by atoms with Crippen molar-refractivity contribution in [1.29, 1.82) is 0 Å². The van der Waals surface area contributed by atoms with Gasteiger partial charge in [0.2, 0.25) is 17.6 Å². The number of nitrogens with one attached hydrogen (secondary N) is 2. The highest BCUT2D eigenvalue weighted by atomic mass is 16.5. The Balaban J connectivity index is 1.19. The number of hydrogen-bond donors (Lipinski definition) is 2. The normalized spacial score (nSPS) is 20.8. The van der Waals surface area contributed by atoms with Gasteiger partial charge < -0.3 is 18.9 Å². The molecule has 2 fully saturated rings. The number of benzene rings is 1. The summed E-state index contributed by atoms with van der Waals surface area (Å²) in [5.74, 6) is 2.44. The number of carbonyl (C=O) groups excluding carboxylic acids is 1. The third-order valence-corrected chi connectivity index (χ3v) is 5.79. The fourth-order valence-corrected chi connectivity index (χ4v) is 3.99. The number of hydrogen-bond acceptors (Lipinski definition) is 10. The van der Waals surface area contributed by atoms with E-state index < -0.39 is 0 Å². The van der Waals surface area contributed by atoms with E-state index in [-0.39, 0.29) is 23.9 Å². The summed E-state index contributed by atoms with van der Waals surface area (Å²) in [6.07, 6.45) is 5.34. The fraction of sp³-hybridized carbons (Fsp3) is 0.381. The first-order valence-electron chi connectivity index (χ1n) is 10.3. The molecule has 0 aliphatic carbocycles. The van der Waals surface area contributed by atoms with Crippen molar-refractivity contribution in [2.24, 2.45) is 0 Å². The zero-order valence-electron chi connectivity index (χ0n) is 17.7. The molecule has 2 unspecified atom stereocenters. The molecular weight excluding hydrogens is 414 g/mol. The number of carbonyl (C=O) groups is 1. The van der Waals surface area contributed by atoms with E-state index in [0.717, 1.165) is 17.1 Å². The van der Waals surface area contributed by atoms with Gasteiger partial charge in [0.1, 0.15) is 23.2 Å². The SMILES string of the molecule is COc1ccc(OC)c(C2CC(C(=O)N3CC(c4nc(-c5cnccn5)no4)C3)NN2)c1. The molecule has 0 radical (unpaired) electrons. The number of methoxy groups -OCH3 is 2. The second-order valence-corrected chi connectivity index (χ2v) is 7.72. The van der Waals surface area contributed by atoms with Gasteiger partial charge in [-0.05, 0) is 24.6 Å². The molecule has 1 amide bonds. The first-order valence-corrected chi connectivity index (χ1v) is 10.3. The Hall–Kier alpha value is -3.57. The summed E-state index contributed by atoms with van der Waals surface area (Å²) in [6, 6.07) is 5.23. The molecule has 1 aromatic carbocycles. The van der Waals surface area contributed by atoms with E-state index in [1.165, 1.54) is 0 Å². The lowest BCUT2D eigenvalue weighted by Gasteiger charge is -2.38. The van der Waals surface area contributed by atoms with Crippen LogP contribution in [-0.2, 0) is 4.79 Å². The molecule has 32 heavy (non-hydrogen) atoms. The van der Waals surface area contributed by atoms with Crippen molar-refractivity contribution in [2.45, 2.75) is 24.4 Å². The maximum Gasteiger partial charge on any atom is 0.241 e. The van der Waals surface area contributed by atoms with Gasteiger partial charge >= 0.3 is 0 Å². The first-order chi connectivity index (χ1) is 15.7. The molecule has 11 nitrogen and oxygen atoms in total. The molecule has 11 heteroatoms. The largest absolute Gasteiger partial charge is 0.497 e. The van der Waals surface area contributed by atoms with Gasteiger partial charge in [-0.25, -0.2) is 15.8 Å². The Morgan fingerprint density at radius 3 is 2.81 bits per heavy atom. The van der Waals surface area contributed by atoms with Crippen LogP contribution >= 0.6 is 0 Å². The highest BCUT2D eigenvalue weighted by Gasteiger charge is 2.41. The van der Waals surface area contributed by atoms with E-state index in [0.29, 0.717) is 36.9 Å². The predicted octanol–water partition coefficient (Wildman–Crippen LogP) is 1.08. The van der Waals surface area contributed by atoms with Gasteiger partial charge in [0.05, 0.1) is 32.4 Å². The van der Waals surface area contributed by atoms with Gasteiger partial charge in [0.25, 0.3) is 0 Å². The second kappa shape index (κ2) is 8.52. The lowest BCUT2D eigenvalue weighted by atomic mass is 9.96. The van der Waals surface area contributed by atoms with Crippen LogP contribution in [0, 0.1) is 0 Å². The van der Waals surface area contributed by atoms with E-state index in [1.54, 1.807) is 37.7 Å². The van der Waals surface area contributed by atoms with Crippen molar-refractivity contribution in [3.8, 4) is 23.0 Å². The van der Waals surface area contributed by atoms with Gasteiger partial charge in [0.15, 0.2) is 0 Å². The fourth-order valence-electron chi connectivity index (χ4n) is 3.99. The molecule has 2 aliphatic heterocycles. The summed E-state index contributed by atoms with van der Waals surface area (Å²) in [5.41, 5.74) is 7.82. The lowest BCUT2D eigenvalue weighted by molar-refractivity contribution is -0.138. The summed E-state index contributed by atoms with van der Waals surface area (Å²) < 4.78 is 16.2. The van der Waals surface area contributed by atoms with Crippen molar-refractivity contribution in [1.82, 2.24) is 35.9 Å². The maximum absolute atomic E-state index is 13.0. The van der Waals surface area contributed by atoms with Crippen LogP contribution in [0.2, 0.25) is 0 Å². The number of hydrazine groups is 1. The lowest BCUT2D eigenvalue weighted by Crippen LogP contribution is -2.54. The number of nitrogens with zero attached hydrogens (tertiary/aromatic N) is 5. The number of likely N-dealkylation sites (tertiary alicyclic amines) is 1. The Labute approximate surface area is 184 Å². The topological polar surface area (TPSA) is 128 Å². The van der Waals surface area contributed by atoms with Gasteiger partial charge in [-0.1, -0.05) is 5.16 Å². The van der Waals surface area contributed by atoms with Crippen LogP contribution < -0.4 is 20.3 Å². The smallest absolute Gasteiger partial charge is 0.241 e. The second-order valence-electron chi connectivity index (χ2n) is 7.72. The number of rotatable bonds is 6. The summed E-state index contributed by atoms with van der Waals surface area (Å²) in [6.45, 7) is 1.07. The molecule has 3 aromatic rings. The Morgan fingerprint density at radius 1 is 1.19 bits per heavy atom. The van der Waals surface area contributed by atoms with Gasteiger partial charge in [-0.15, -0.1) is 0 Å². The van der Waals surface area contributed by atoms with Gasteiger partial charge in [-0.2, -0.15) is 4.98 Å². The molecule has 2 aromatic heterocycles. The van der Waals surface area contributed by atoms with Crippen molar-refractivity contribution in [2.75, 3.05) is 27.3 Å². The zero-order chi connectivity index (χ0) is 22.1. The number of ether oxygens (including phenoxy) is 2. The molecular formula is C21H23N7O4. The quantitative estimate of drug-likeness (QED) is 0.578. The molecule has 4 heterocycles. The monoisotopic (exact) mass is 437 g/mol. The number of amides is 1. The molecule has 2 atom stereocenters. The van der Waals surface area contributed by atoms with E-state index in [2.05, 4.69) is 31.0 Å². The van der Waals surface area contributed by atoms with E-state index >= 15 is 0 Å². The molecule has 2 saturated heterocycles. The minimum absolute atomic E-state index is 0.0144. The van der Waals surface area contributed by atoms with Crippen LogP contribution in [-0.4, -0.2) is 64.3 Å². The first kappa shape index (κ1) is 20.3. The minimum Gasteiger partial charge on any atom is -0.497 e. The summed E-state index contributed by atoms with van der Waals surface area (Å²) in [5, 5.41) is 3.97. The summed E-state index contributed by atoms with van der Waals surface area (Å²) in [4.78, 5) is 27.4. The van der Waals surface area contributed by atoms with Crippen molar-refractivity contribution in [3.63, 3.8) is 0 Å². The molecule has 0 saturated carbocycles. The van der Waals surface area contributed by atoms with Crippen molar-refractivity contribution in [3.05, 3.63) is 48.2 Å². The average molecular weight is 437 g/mol. The van der Waals surface area contributed by atoms with Gasteiger partial charge in [0, 0.05) is 31.0 Å². The standard InChI is InChI=1S/C21H23N7O4/c1-30-13-3-4-18(31-2)14(7-13)15-8-16(26-25-15)21(29)28-10-12(11-28)20-24-19(27-32-20)17-9-22-5-6-23-17/h3-7,9,12,15-16,25-26H,8,10-11H2,1-2H3. The van der Waals surface area contributed by atoms with E-state index in [1.807, 2.05) is 18.2 Å². The molecule has 0 spiro atoms. The third kappa shape index (κ3) is 3.76. The molecule has 0 bridgehead atoms. The Kier molecular flexibility index (Phi) is 5.41. The summed E-state index contributed by atoms with van der Waals surface area (Å²) >= 11 is 0. The maximum atomic E-state index is 13.0. The number of aromatic nitrogens is 4. The molecule has 5 rings (SSSR count). The Morgan fingerprint density at radius 2 is 2.06 bits per heavy atom. The predicted molar refractivity (Wildman–Crippen MR) is 112 cm³/mol. The summed E-state index contributed by atoms with van der Waals surface area (Å²) in [7, 11) is 3.25. The van der Waals surface area contributed by atoms with Crippen molar-refractivity contribution >= 4 is 5.91 Å². The van der Waals surface area contributed by atoms with Crippen molar-refractivity contribution < 1.29 is 18.8 Å². The zero-order valence-corrected chi connectivity index (χ0v) is 17.7. The van der Waals surface area contributed by atoms with Gasteiger partial charge in [-0.3, -0.25) is 9.78 Å². The van der Waals surface area contributed by atoms with E-state index in [4.69, 9.17) is 14.0 Å². The van der Waals surface area contributed by atoms with Crippen LogP contribution in [0.1, 0.15) is 29.8 Å².